The highest BCUT2D eigenvalue weighted by molar-refractivity contribution is 5.59. The molecule has 1 aliphatic rings. The number of benzene rings is 1. The molecule has 0 fully saturated rings. The maximum Gasteiger partial charge on any atom is 0.127 e. The molecule has 0 spiro atoms. The van der Waals surface area contributed by atoms with Gasteiger partial charge in [-0.15, -0.1) is 0 Å². The molecule has 0 atom stereocenters. The molecule has 1 heterocycles. The zero-order chi connectivity index (χ0) is 15.1. The van der Waals surface area contributed by atoms with Crippen LogP contribution >= 0.6 is 0 Å². The van der Waals surface area contributed by atoms with Crippen molar-refractivity contribution in [3.8, 4) is 11.5 Å². The number of hydrogen-bond donors (Lipinski definition) is 1. The van der Waals surface area contributed by atoms with Crippen molar-refractivity contribution in [1.82, 2.24) is 0 Å². The lowest BCUT2D eigenvalue weighted by molar-refractivity contribution is 0.0826. The van der Waals surface area contributed by atoms with E-state index in [1.54, 1.807) is 0 Å². The van der Waals surface area contributed by atoms with Gasteiger partial charge in [-0.25, -0.2) is 0 Å². The largest absolute Gasteiger partial charge is 0.507 e. The van der Waals surface area contributed by atoms with Gasteiger partial charge in [-0.2, -0.15) is 0 Å². The van der Waals surface area contributed by atoms with Crippen LogP contribution in [0.3, 0.4) is 0 Å². The summed E-state index contributed by atoms with van der Waals surface area (Å²) in [5, 5.41) is 10.4. The summed E-state index contributed by atoms with van der Waals surface area (Å²) in [5.41, 5.74) is 4.33. The molecule has 0 amide bonds. The van der Waals surface area contributed by atoms with Crippen LogP contribution in [0, 0.1) is 19.8 Å². The molecule has 0 bridgehead atoms. The van der Waals surface area contributed by atoms with E-state index >= 15 is 0 Å². The predicted octanol–water partition coefficient (Wildman–Crippen LogP) is 4.70. The highest BCUT2D eigenvalue weighted by atomic mass is 16.5. The first-order valence-corrected chi connectivity index (χ1v) is 7.76. The molecule has 1 aromatic rings. The van der Waals surface area contributed by atoms with Crippen LogP contribution in [0.25, 0.3) is 0 Å². The average molecular weight is 276 g/mol. The Hall–Kier alpha value is -1.18. The van der Waals surface area contributed by atoms with Crippen LogP contribution in [-0.2, 0) is 12.8 Å². The predicted molar refractivity (Wildman–Crippen MR) is 83.8 cm³/mol. The molecular formula is C18H28O2. The van der Waals surface area contributed by atoms with Gasteiger partial charge in [0.15, 0.2) is 0 Å². The van der Waals surface area contributed by atoms with Gasteiger partial charge in [0.05, 0.1) is 0 Å². The van der Waals surface area contributed by atoms with Gasteiger partial charge < -0.3 is 9.84 Å². The SMILES string of the molecule is Cc1c(O)c(C)c2c(c1CCC(C)C)OC(C)(C)CC2. The Labute approximate surface area is 123 Å². The fraction of sp³-hybridized carbons (Fsp3) is 0.667. The molecule has 0 saturated carbocycles. The minimum Gasteiger partial charge on any atom is -0.507 e. The van der Waals surface area contributed by atoms with Gasteiger partial charge in [0.2, 0.25) is 0 Å². The zero-order valence-corrected chi connectivity index (χ0v) is 13.8. The van der Waals surface area contributed by atoms with Crippen LogP contribution in [0.2, 0.25) is 0 Å². The van der Waals surface area contributed by atoms with Gasteiger partial charge in [-0.05, 0) is 70.4 Å². The average Bonchev–Trinajstić information content (AvgIpc) is 2.34. The lowest BCUT2D eigenvalue weighted by Crippen LogP contribution is -2.33. The van der Waals surface area contributed by atoms with Crippen molar-refractivity contribution in [2.45, 2.75) is 72.8 Å². The minimum absolute atomic E-state index is 0.102. The van der Waals surface area contributed by atoms with E-state index < -0.39 is 0 Å². The van der Waals surface area contributed by atoms with Gasteiger partial charge >= 0.3 is 0 Å². The number of hydrogen-bond acceptors (Lipinski definition) is 2. The molecule has 0 aliphatic carbocycles. The first-order chi connectivity index (χ1) is 9.23. The van der Waals surface area contributed by atoms with Gasteiger partial charge in [0.25, 0.3) is 0 Å². The second-order valence-corrected chi connectivity index (χ2v) is 7.18. The van der Waals surface area contributed by atoms with E-state index in [2.05, 4.69) is 27.7 Å². The molecule has 0 unspecified atom stereocenters. The van der Waals surface area contributed by atoms with Crippen LogP contribution < -0.4 is 4.74 Å². The van der Waals surface area contributed by atoms with Crippen molar-refractivity contribution in [2.75, 3.05) is 0 Å². The Morgan fingerprint density at radius 1 is 1.20 bits per heavy atom. The van der Waals surface area contributed by atoms with Crippen molar-refractivity contribution >= 4 is 0 Å². The van der Waals surface area contributed by atoms with E-state index in [1.807, 2.05) is 13.8 Å². The summed E-state index contributed by atoms with van der Waals surface area (Å²) in [4.78, 5) is 0. The Morgan fingerprint density at radius 3 is 2.45 bits per heavy atom. The maximum atomic E-state index is 10.4. The molecule has 20 heavy (non-hydrogen) atoms. The first-order valence-electron chi connectivity index (χ1n) is 7.76. The quantitative estimate of drug-likeness (QED) is 0.867. The van der Waals surface area contributed by atoms with Crippen LogP contribution in [0.15, 0.2) is 0 Å². The molecule has 0 radical (unpaired) electrons. The van der Waals surface area contributed by atoms with E-state index in [-0.39, 0.29) is 5.60 Å². The molecule has 0 saturated heterocycles. The lowest BCUT2D eigenvalue weighted by atomic mass is 9.86. The van der Waals surface area contributed by atoms with Crippen molar-refractivity contribution in [1.29, 1.82) is 0 Å². The van der Waals surface area contributed by atoms with Gasteiger partial charge in [0.1, 0.15) is 17.1 Å². The first kappa shape index (κ1) is 15.2. The number of ether oxygens (including phenoxy) is 1. The second-order valence-electron chi connectivity index (χ2n) is 7.18. The molecule has 1 aliphatic heterocycles. The topological polar surface area (TPSA) is 29.5 Å². The summed E-state index contributed by atoms with van der Waals surface area (Å²) >= 11 is 0. The van der Waals surface area contributed by atoms with E-state index in [1.165, 1.54) is 11.1 Å². The van der Waals surface area contributed by atoms with E-state index in [9.17, 15) is 5.11 Å². The Bertz CT molecular complexity index is 513. The third-order valence-electron chi connectivity index (χ3n) is 4.49. The molecule has 0 aromatic heterocycles. The minimum atomic E-state index is -0.102. The van der Waals surface area contributed by atoms with Gasteiger partial charge in [0, 0.05) is 11.1 Å². The normalized spacial score (nSPS) is 16.9. The Kier molecular flexibility index (Phi) is 4.04. The summed E-state index contributed by atoms with van der Waals surface area (Å²) in [7, 11) is 0. The van der Waals surface area contributed by atoms with Crippen LogP contribution in [0.1, 0.15) is 62.8 Å². The van der Waals surface area contributed by atoms with Gasteiger partial charge in [-0.3, -0.25) is 0 Å². The molecule has 2 nitrogen and oxygen atoms in total. The summed E-state index contributed by atoms with van der Waals surface area (Å²) < 4.78 is 6.29. The molecule has 2 heteroatoms. The standard InChI is InChI=1S/C18H28O2/c1-11(2)7-8-14-12(3)16(19)13(4)15-9-10-18(5,6)20-17(14)15/h11,19H,7-10H2,1-6H3. The van der Waals surface area contributed by atoms with E-state index in [0.29, 0.717) is 11.7 Å². The third-order valence-corrected chi connectivity index (χ3v) is 4.49. The van der Waals surface area contributed by atoms with E-state index in [4.69, 9.17) is 4.74 Å². The number of phenolic OH excluding ortho intramolecular Hbond substituents is 1. The van der Waals surface area contributed by atoms with Gasteiger partial charge in [-0.1, -0.05) is 13.8 Å². The Morgan fingerprint density at radius 2 is 1.85 bits per heavy atom. The second kappa shape index (κ2) is 5.31. The maximum absolute atomic E-state index is 10.4. The summed E-state index contributed by atoms with van der Waals surface area (Å²) in [6.07, 6.45) is 4.11. The summed E-state index contributed by atoms with van der Waals surface area (Å²) in [6, 6.07) is 0. The lowest BCUT2D eigenvalue weighted by Gasteiger charge is -2.36. The van der Waals surface area contributed by atoms with Crippen molar-refractivity contribution in [2.24, 2.45) is 5.92 Å². The Balaban J connectivity index is 2.51. The highest BCUT2D eigenvalue weighted by Gasteiger charge is 2.31. The third kappa shape index (κ3) is 2.79. The summed E-state index contributed by atoms with van der Waals surface area (Å²) in [5.74, 6) is 2.17. The molecule has 112 valence electrons. The van der Waals surface area contributed by atoms with Crippen molar-refractivity contribution in [3.05, 3.63) is 22.3 Å². The highest BCUT2D eigenvalue weighted by Crippen LogP contribution is 2.44. The fourth-order valence-corrected chi connectivity index (χ4v) is 3.00. The summed E-state index contributed by atoms with van der Waals surface area (Å²) in [6.45, 7) is 12.8. The van der Waals surface area contributed by atoms with Crippen LogP contribution in [-0.4, -0.2) is 10.7 Å². The monoisotopic (exact) mass is 276 g/mol. The van der Waals surface area contributed by atoms with Crippen molar-refractivity contribution in [3.63, 3.8) is 0 Å². The number of fused-ring (bicyclic) bond motifs is 1. The zero-order valence-electron chi connectivity index (χ0n) is 13.8. The number of aromatic hydroxyl groups is 1. The number of rotatable bonds is 3. The van der Waals surface area contributed by atoms with Crippen LogP contribution in [0.4, 0.5) is 0 Å². The van der Waals surface area contributed by atoms with Crippen LogP contribution in [0.5, 0.6) is 11.5 Å². The molecule has 2 rings (SSSR count). The molecular weight excluding hydrogens is 248 g/mol. The molecule has 1 N–H and O–H groups in total. The molecule has 1 aromatic carbocycles. The van der Waals surface area contributed by atoms with Crippen molar-refractivity contribution < 1.29 is 9.84 Å². The number of phenols is 1. The van der Waals surface area contributed by atoms with E-state index in [0.717, 1.165) is 42.6 Å². The smallest absolute Gasteiger partial charge is 0.127 e. The fourth-order valence-electron chi connectivity index (χ4n) is 3.00.